The van der Waals surface area contributed by atoms with Gasteiger partial charge >= 0.3 is 6.09 Å². The fourth-order valence-electron chi connectivity index (χ4n) is 3.38. The molecule has 2 aromatic carbocycles. The highest BCUT2D eigenvalue weighted by Crippen LogP contribution is 2.27. The van der Waals surface area contributed by atoms with Gasteiger partial charge in [0.15, 0.2) is 0 Å². The molecule has 3 rings (SSSR count). The van der Waals surface area contributed by atoms with E-state index in [-0.39, 0.29) is 24.0 Å². The molecule has 10 heteroatoms. The lowest BCUT2D eigenvalue weighted by molar-refractivity contribution is -0.131. The molecule has 1 heterocycles. The van der Waals surface area contributed by atoms with Crippen molar-refractivity contribution in [1.82, 2.24) is 9.80 Å². The number of sulfonamides is 1. The van der Waals surface area contributed by atoms with Gasteiger partial charge in [-0.25, -0.2) is 13.2 Å². The first-order valence-electron chi connectivity index (χ1n) is 10.3. The Morgan fingerprint density at radius 3 is 2.25 bits per heavy atom. The maximum atomic E-state index is 13.4. The summed E-state index contributed by atoms with van der Waals surface area (Å²) in [4.78, 5) is 28.1. The Labute approximate surface area is 188 Å². The standard InChI is InChI=1S/C22H27N3O6S/c1-3-31-22(27)24-14-12-23(13-15-24)21(26)17-25(18-8-7-9-19(16-18)30-2)32(28,29)20-10-5-4-6-11-20/h4-11,16H,3,12-15,17H2,1-2H3. The largest absolute Gasteiger partial charge is 0.497 e. The molecule has 2 aromatic rings. The van der Waals surface area contributed by atoms with E-state index in [1.807, 2.05) is 0 Å². The number of methoxy groups -OCH3 is 1. The van der Waals surface area contributed by atoms with Crippen LogP contribution in [0.5, 0.6) is 5.75 Å². The minimum Gasteiger partial charge on any atom is -0.497 e. The van der Waals surface area contributed by atoms with E-state index in [1.54, 1.807) is 54.3 Å². The van der Waals surface area contributed by atoms with Gasteiger partial charge in [-0.1, -0.05) is 24.3 Å². The quantitative estimate of drug-likeness (QED) is 0.627. The Kier molecular flexibility index (Phi) is 7.57. The Morgan fingerprint density at radius 1 is 0.969 bits per heavy atom. The molecule has 0 bridgehead atoms. The highest BCUT2D eigenvalue weighted by atomic mass is 32.2. The average molecular weight is 462 g/mol. The number of hydrogen-bond acceptors (Lipinski definition) is 6. The molecule has 1 saturated heterocycles. The van der Waals surface area contributed by atoms with E-state index in [0.29, 0.717) is 37.6 Å². The minimum atomic E-state index is -4.00. The number of ether oxygens (including phenoxy) is 2. The van der Waals surface area contributed by atoms with Crippen LogP contribution in [-0.2, 0) is 19.6 Å². The van der Waals surface area contributed by atoms with Gasteiger partial charge in [-0.15, -0.1) is 0 Å². The number of nitrogens with zero attached hydrogens (tertiary/aromatic N) is 3. The summed E-state index contributed by atoms with van der Waals surface area (Å²) in [6.45, 7) is 2.90. The van der Waals surface area contributed by atoms with Gasteiger partial charge in [-0.3, -0.25) is 9.10 Å². The van der Waals surface area contributed by atoms with Crippen LogP contribution in [0.15, 0.2) is 59.5 Å². The first-order valence-corrected chi connectivity index (χ1v) is 11.7. The zero-order valence-electron chi connectivity index (χ0n) is 18.1. The van der Waals surface area contributed by atoms with Crippen LogP contribution in [0, 0.1) is 0 Å². The van der Waals surface area contributed by atoms with Crippen LogP contribution >= 0.6 is 0 Å². The van der Waals surface area contributed by atoms with Crippen molar-refractivity contribution in [1.29, 1.82) is 0 Å². The first-order chi connectivity index (χ1) is 15.4. The second kappa shape index (κ2) is 10.4. The summed E-state index contributed by atoms with van der Waals surface area (Å²) in [5, 5.41) is 0. The summed E-state index contributed by atoms with van der Waals surface area (Å²) in [6, 6.07) is 14.5. The normalized spacial score (nSPS) is 14.1. The Morgan fingerprint density at radius 2 is 1.62 bits per heavy atom. The van der Waals surface area contributed by atoms with Gasteiger partial charge in [0.2, 0.25) is 5.91 Å². The third-order valence-electron chi connectivity index (χ3n) is 5.11. The fourth-order valence-corrected chi connectivity index (χ4v) is 4.80. The van der Waals surface area contributed by atoms with Crippen molar-refractivity contribution < 1.29 is 27.5 Å². The number of carbonyl (C=O) groups is 2. The van der Waals surface area contributed by atoms with Crippen molar-refractivity contribution in [3.63, 3.8) is 0 Å². The van der Waals surface area contributed by atoms with Crippen molar-refractivity contribution in [3.05, 3.63) is 54.6 Å². The van der Waals surface area contributed by atoms with Crippen molar-refractivity contribution >= 4 is 27.7 Å². The number of carbonyl (C=O) groups excluding carboxylic acids is 2. The van der Waals surface area contributed by atoms with E-state index in [2.05, 4.69) is 0 Å². The summed E-state index contributed by atoms with van der Waals surface area (Å²) in [5.41, 5.74) is 0.326. The Hall–Kier alpha value is -3.27. The molecule has 0 aromatic heterocycles. The van der Waals surface area contributed by atoms with Gasteiger partial charge in [0.25, 0.3) is 10.0 Å². The van der Waals surface area contributed by atoms with Gasteiger partial charge in [0.05, 0.1) is 24.3 Å². The summed E-state index contributed by atoms with van der Waals surface area (Å²) in [6.07, 6.45) is -0.413. The SMILES string of the molecule is CCOC(=O)N1CCN(C(=O)CN(c2cccc(OC)c2)S(=O)(=O)c2ccccc2)CC1. The smallest absolute Gasteiger partial charge is 0.409 e. The molecule has 1 aliphatic heterocycles. The summed E-state index contributed by atoms with van der Waals surface area (Å²) < 4.78 is 38.1. The maximum absolute atomic E-state index is 13.4. The van der Waals surface area contributed by atoms with Crippen LogP contribution in [0.4, 0.5) is 10.5 Å². The van der Waals surface area contributed by atoms with Crippen LogP contribution in [0.2, 0.25) is 0 Å². The number of anilines is 1. The van der Waals surface area contributed by atoms with Crippen LogP contribution < -0.4 is 9.04 Å². The number of amides is 2. The summed E-state index contributed by atoms with van der Waals surface area (Å²) >= 11 is 0. The van der Waals surface area contributed by atoms with E-state index < -0.39 is 16.1 Å². The van der Waals surface area contributed by atoms with Gasteiger partial charge in [-0.2, -0.15) is 0 Å². The number of hydrogen-bond donors (Lipinski definition) is 0. The molecule has 172 valence electrons. The predicted molar refractivity (Wildman–Crippen MR) is 119 cm³/mol. The molecule has 0 aliphatic carbocycles. The molecule has 0 atom stereocenters. The molecular weight excluding hydrogens is 434 g/mol. The van der Waals surface area contributed by atoms with Crippen LogP contribution in [0.25, 0.3) is 0 Å². The molecule has 1 fully saturated rings. The molecule has 1 aliphatic rings. The number of benzene rings is 2. The van der Waals surface area contributed by atoms with Crippen LogP contribution in [0.3, 0.4) is 0 Å². The molecule has 0 saturated carbocycles. The second-order valence-electron chi connectivity index (χ2n) is 7.09. The Bertz CT molecular complexity index is 1040. The number of piperazine rings is 1. The van der Waals surface area contributed by atoms with Crippen molar-refractivity contribution in [2.45, 2.75) is 11.8 Å². The highest BCUT2D eigenvalue weighted by Gasteiger charge is 2.31. The number of rotatable bonds is 7. The Balaban J connectivity index is 1.82. The predicted octanol–water partition coefficient (Wildman–Crippen LogP) is 2.19. The van der Waals surface area contributed by atoms with Crippen molar-refractivity contribution in [2.24, 2.45) is 0 Å². The summed E-state index contributed by atoms with van der Waals surface area (Å²) in [7, 11) is -2.51. The monoisotopic (exact) mass is 461 g/mol. The van der Waals surface area contributed by atoms with Gasteiger partial charge in [0.1, 0.15) is 12.3 Å². The van der Waals surface area contributed by atoms with E-state index in [9.17, 15) is 18.0 Å². The highest BCUT2D eigenvalue weighted by molar-refractivity contribution is 7.92. The second-order valence-corrected chi connectivity index (χ2v) is 8.96. The third kappa shape index (κ3) is 5.31. The first kappa shape index (κ1) is 23.4. The lowest BCUT2D eigenvalue weighted by Crippen LogP contribution is -2.53. The topological polar surface area (TPSA) is 96.5 Å². The zero-order chi connectivity index (χ0) is 23.1. The zero-order valence-corrected chi connectivity index (χ0v) is 19.0. The summed E-state index contributed by atoms with van der Waals surface area (Å²) in [5.74, 6) is 0.127. The molecule has 0 unspecified atom stereocenters. The minimum absolute atomic E-state index is 0.0859. The third-order valence-corrected chi connectivity index (χ3v) is 6.90. The van der Waals surface area contributed by atoms with Gasteiger partial charge in [0, 0.05) is 32.2 Å². The van der Waals surface area contributed by atoms with E-state index in [4.69, 9.17) is 9.47 Å². The molecule has 2 amide bonds. The van der Waals surface area contributed by atoms with E-state index >= 15 is 0 Å². The average Bonchev–Trinajstić information content (AvgIpc) is 2.83. The van der Waals surface area contributed by atoms with Crippen LogP contribution in [-0.4, -0.2) is 76.7 Å². The lowest BCUT2D eigenvalue weighted by Gasteiger charge is -2.35. The molecule has 0 radical (unpaired) electrons. The molecule has 32 heavy (non-hydrogen) atoms. The van der Waals surface area contributed by atoms with Crippen LogP contribution in [0.1, 0.15) is 6.92 Å². The van der Waals surface area contributed by atoms with E-state index in [1.165, 1.54) is 24.1 Å². The molecule has 0 spiro atoms. The molecule has 9 nitrogen and oxygen atoms in total. The van der Waals surface area contributed by atoms with Crippen molar-refractivity contribution in [2.75, 3.05) is 50.7 Å². The fraction of sp³-hybridized carbons (Fsp3) is 0.364. The van der Waals surface area contributed by atoms with Crippen molar-refractivity contribution in [3.8, 4) is 5.75 Å². The molecule has 0 N–H and O–H groups in total. The lowest BCUT2D eigenvalue weighted by atomic mass is 10.3. The maximum Gasteiger partial charge on any atom is 0.409 e. The molecular formula is C22H27N3O6S. The van der Waals surface area contributed by atoms with Gasteiger partial charge in [-0.05, 0) is 31.2 Å². The van der Waals surface area contributed by atoms with E-state index in [0.717, 1.165) is 4.31 Å². The van der Waals surface area contributed by atoms with Gasteiger partial charge < -0.3 is 19.3 Å².